The van der Waals surface area contributed by atoms with E-state index in [1.807, 2.05) is 0 Å². The lowest BCUT2D eigenvalue weighted by Crippen LogP contribution is -2.34. The lowest BCUT2D eigenvalue weighted by atomic mass is 10.2. The molecular weight excluding hydrogens is 412 g/mol. The molecule has 2 atom stereocenters. The number of hydrogen-bond acceptors (Lipinski definition) is 8. The number of thioether (sulfide) groups is 1. The molecule has 4 N–H and O–H groups in total. The van der Waals surface area contributed by atoms with Crippen LogP contribution in [0.25, 0.3) is 0 Å². The van der Waals surface area contributed by atoms with E-state index in [-0.39, 0.29) is 11.0 Å². The van der Waals surface area contributed by atoms with Gasteiger partial charge >= 0.3 is 5.97 Å². The van der Waals surface area contributed by atoms with Gasteiger partial charge in [0, 0.05) is 11.0 Å². The van der Waals surface area contributed by atoms with Crippen molar-refractivity contribution >= 4 is 27.6 Å². The molecule has 0 saturated carbocycles. The van der Waals surface area contributed by atoms with Gasteiger partial charge in [-0.05, 0) is 67.9 Å². The number of esters is 1. The van der Waals surface area contributed by atoms with Gasteiger partial charge in [-0.1, -0.05) is 0 Å². The van der Waals surface area contributed by atoms with Gasteiger partial charge in [0.1, 0.15) is 23.3 Å². The molecule has 0 aliphatic carbocycles. The monoisotopic (exact) mass is 436 g/mol. The second kappa shape index (κ2) is 9.62. The third-order valence-corrected chi connectivity index (χ3v) is 7.30. The third-order valence-electron chi connectivity index (χ3n) is 4.29. The summed E-state index contributed by atoms with van der Waals surface area (Å²) >= 11 is 1.66. The first-order chi connectivity index (χ1) is 13.9. The molecule has 1 saturated heterocycles. The number of carbonyl (C=O) groups excluding carboxylic acids is 1. The first-order valence-corrected chi connectivity index (χ1v) is 12.0. The number of carbonyl (C=O) groups is 1. The Kier molecular flexibility index (Phi) is 7.18. The molecule has 2 unspecified atom stereocenters. The zero-order valence-corrected chi connectivity index (χ0v) is 17.5. The van der Waals surface area contributed by atoms with Crippen molar-refractivity contribution in [2.45, 2.75) is 29.0 Å². The van der Waals surface area contributed by atoms with Gasteiger partial charge in [-0.2, -0.15) is 11.8 Å². The van der Waals surface area contributed by atoms with Crippen LogP contribution in [0.15, 0.2) is 53.4 Å². The molecular formula is C20H24N2O5S2. The minimum Gasteiger partial charge on any atom is -0.457 e. The predicted octanol–water partition coefficient (Wildman–Crippen LogP) is 2.34. The van der Waals surface area contributed by atoms with E-state index >= 15 is 0 Å². The van der Waals surface area contributed by atoms with Crippen molar-refractivity contribution in [2.24, 2.45) is 11.5 Å². The summed E-state index contributed by atoms with van der Waals surface area (Å²) in [5, 5.41) is 0.221. The van der Waals surface area contributed by atoms with E-state index in [0.29, 0.717) is 41.5 Å². The highest BCUT2D eigenvalue weighted by atomic mass is 32.2. The molecule has 29 heavy (non-hydrogen) atoms. The quantitative estimate of drug-likeness (QED) is 0.331. The lowest BCUT2D eigenvalue weighted by molar-refractivity contribution is -0.136. The summed E-state index contributed by atoms with van der Waals surface area (Å²) in [5.74, 6) is 1.98. The van der Waals surface area contributed by atoms with Crippen LogP contribution in [0.1, 0.15) is 12.8 Å². The van der Waals surface area contributed by atoms with Crippen LogP contribution < -0.4 is 20.9 Å². The topological polar surface area (TPSA) is 122 Å². The van der Waals surface area contributed by atoms with Crippen molar-refractivity contribution < 1.29 is 22.7 Å². The van der Waals surface area contributed by atoms with E-state index in [4.69, 9.17) is 20.9 Å². The number of ether oxygens (including phenoxy) is 2. The molecule has 0 radical (unpaired) electrons. The van der Waals surface area contributed by atoms with Crippen LogP contribution in [0.4, 0.5) is 0 Å². The number of hydrogen-bond donors (Lipinski definition) is 2. The second-order valence-corrected chi connectivity index (χ2v) is 10.1. The summed E-state index contributed by atoms with van der Waals surface area (Å²) in [6.07, 6.45) is 1.13. The van der Waals surface area contributed by atoms with Gasteiger partial charge in [0.2, 0.25) is 0 Å². The largest absolute Gasteiger partial charge is 0.457 e. The van der Waals surface area contributed by atoms with Crippen molar-refractivity contribution in [3.05, 3.63) is 48.5 Å². The summed E-state index contributed by atoms with van der Waals surface area (Å²) < 4.78 is 35.5. The molecule has 3 rings (SSSR count). The summed E-state index contributed by atoms with van der Waals surface area (Å²) in [5.41, 5.74) is 11.2. The maximum atomic E-state index is 12.3. The Hall–Kier alpha value is -2.07. The zero-order chi connectivity index (χ0) is 20.9. The normalized spacial score (nSPS) is 16.8. The SMILES string of the molecule is NCCCC(N)C(=O)Oc1ccc(Oc2ccc(S(=O)(=O)CC3CS3)cc2)cc1. The van der Waals surface area contributed by atoms with Crippen molar-refractivity contribution in [3.8, 4) is 17.2 Å². The Balaban J connectivity index is 1.56. The minimum absolute atomic E-state index is 0.175. The van der Waals surface area contributed by atoms with E-state index < -0.39 is 21.8 Å². The van der Waals surface area contributed by atoms with E-state index in [0.717, 1.165) is 5.75 Å². The Bertz CT molecular complexity index is 926. The summed E-state index contributed by atoms with van der Waals surface area (Å²) in [6, 6.07) is 12.2. The van der Waals surface area contributed by atoms with Gasteiger partial charge in [-0.15, -0.1) is 0 Å². The summed E-state index contributed by atoms with van der Waals surface area (Å²) in [4.78, 5) is 12.2. The fourth-order valence-electron chi connectivity index (χ4n) is 2.58. The highest BCUT2D eigenvalue weighted by molar-refractivity contribution is 8.08. The average molecular weight is 437 g/mol. The van der Waals surface area contributed by atoms with Crippen LogP contribution in [-0.2, 0) is 14.6 Å². The molecule has 1 aliphatic rings. The molecule has 7 nitrogen and oxygen atoms in total. The first-order valence-electron chi connectivity index (χ1n) is 9.27. The maximum Gasteiger partial charge on any atom is 0.328 e. The van der Waals surface area contributed by atoms with Gasteiger partial charge in [0.25, 0.3) is 0 Å². The Morgan fingerprint density at radius 3 is 2.17 bits per heavy atom. The molecule has 9 heteroatoms. The molecule has 1 heterocycles. The minimum atomic E-state index is -3.26. The molecule has 2 aromatic carbocycles. The van der Waals surface area contributed by atoms with Crippen LogP contribution in [0.3, 0.4) is 0 Å². The smallest absolute Gasteiger partial charge is 0.328 e. The Morgan fingerprint density at radius 2 is 1.62 bits per heavy atom. The standard InChI is InChI=1S/C20H24N2O5S2/c21-11-1-2-19(22)20(23)27-16-5-3-14(4-6-16)26-15-7-9-18(10-8-15)29(24,25)13-17-12-28-17/h3-10,17,19H,1-2,11-13,21-22H2. The molecule has 0 amide bonds. The van der Waals surface area contributed by atoms with Gasteiger partial charge in [-0.25, -0.2) is 13.2 Å². The van der Waals surface area contributed by atoms with E-state index in [1.165, 1.54) is 0 Å². The summed E-state index contributed by atoms with van der Waals surface area (Å²) in [7, 11) is -3.26. The maximum absolute atomic E-state index is 12.3. The molecule has 1 aliphatic heterocycles. The number of sulfone groups is 1. The van der Waals surface area contributed by atoms with Crippen LogP contribution in [0.5, 0.6) is 17.2 Å². The Labute approximate surface area is 174 Å². The van der Waals surface area contributed by atoms with Crippen molar-refractivity contribution in [1.82, 2.24) is 0 Å². The molecule has 2 aromatic rings. The van der Waals surface area contributed by atoms with Gasteiger partial charge in [-0.3, -0.25) is 0 Å². The predicted molar refractivity (Wildman–Crippen MR) is 113 cm³/mol. The number of rotatable bonds is 10. The van der Waals surface area contributed by atoms with Crippen LogP contribution >= 0.6 is 11.8 Å². The molecule has 0 aromatic heterocycles. The first kappa shape index (κ1) is 21.6. The van der Waals surface area contributed by atoms with Gasteiger partial charge in [0.05, 0.1) is 10.6 Å². The fourth-order valence-corrected chi connectivity index (χ4v) is 5.26. The second-order valence-electron chi connectivity index (χ2n) is 6.74. The number of benzene rings is 2. The van der Waals surface area contributed by atoms with E-state index in [1.54, 1.807) is 60.3 Å². The van der Waals surface area contributed by atoms with Crippen molar-refractivity contribution in [2.75, 3.05) is 18.1 Å². The molecule has 0 bridgehead atoms. The van der Waals surface area contributed by atoms with Gasteiger partial charge < -0.3 is 20.9 Å². The van der Waals surface area contributed by atoms with E-state index in [2.05, 4.69) is 0 Å². The van der Waals surface area contributed by atoms with E-state index in [9.17, 15) is 13.2 Å². The molecule has 0 spiro atoms. The highest BCUT2D eigenvalue weighted by Gasteiger charge is 2.29. The van der Waals surface area contributed by atoms with Crippen LogP contribution in [0, 0.1) is 0 Å². The van der Waals surface area contributed by atoms with Crippen LogP contribution in [-0.4, -0.2) is 43.7 Å². The fraction of sp³-hybridized carbons (Fsp3) is 0.350. The molecule has 1 fully saturated rings. The van der Waals surface area contributed by atoms with Gasteiger partial charge in [0.15, 0.2) is 9.84 Å². The van der Waals surface area contributed by atoms with Crippen LogP contribution in [0.2, 0.25) is 0 Å². The average Bonchev–Trinajstić information content (AvgIpc) is 3.51. The lowest BCUT2D eigenvalue weighted by Gasteiger charge is -2.11. The zero-order valence-electron chi connectivity index (χ0n) is 15.8. The summed E-state index contributed by atoms with van der Waals surface area (Å²) in [6.45, 7) is 0.472. The Morgan fingerprint density at radius 1 is 1.07 bits per heavy atom. The third kappa shape index (κ3) is 6.46. The van der Waals surface area contributed by atoms with Crippen molar-refractivity contribution in [1.29, 1.82) is 0 Å². The number of nitrogens with two attached hydrogens (primary N) is 2. The molecule has 156 valence electrons. The highest BCUT2D eigenvalue weighted by Crippen LogP contribution is 2.33. The van der Waals surface area contributed by atoms with Crippen molar-refractivity contribution in [3.63, 3.8) is 0 Å².